The van der Waals surface area contributed by atoms with Crippen molar-refractivity contribution in [3.05, 3.63) is 66.2 Å². The fraction of sp³-hybridized carbons (Fsp3) is 0.125. The van der Waals surface area contributed by atoms with Gasteiger partial charge in [-0.1, -0.05) is 48.5 Å². The Balaban J connectivity index is 2.07. The molecule has 4 heteroatoms. The van der Waals surface area contributed by atoms with Crippen molar-refractivity contribution in [3.8, 4) is 0 Å². The van der Waals surface area contributed by atoms with Crippen molar-refractivity contribution < 1.29 is 14.7 Å². The summed E-state index contributed by atoms with van der Waals surface area (Å²) in [5.41, 5.74) is 0.549. The van der Waals surface area contributed by atoms with Gasteiger partial charge in [-0.2, -0.15) is 0 Å². The fourth-order valence-corrected chi connectivity index (χ4v) is 2.73. The van der Waals surface area contributed by atoms with Crippen LogP contribution in [0.2, 0.25) is 0 Å². The Morgan fingerprint density at radius 1 is 0.950 bits per heavy atom. The molecule has 1 atom stereocenters. The Labute approximate surface area is 121 Å². The maximum atomic E-state index is 12.1. The molecule has 0 aromatic heterocycles. The summed E-state index contributed by atoms with van der Waals surface area (Å²) in [6.45, 7) is 0. The van der Waals surface area contributed by atoms with Crippen molar-refractivity contribution in [1.82, 2.24) is 0 Å². The third-order valence-corrected chi connectivity index (χ3v) is 3.96. The second kappa shape index (κ2) is 6.91. The zero-order valence-electron chi connectivity index (χ0n) is 10.7. The number of carbonyl (C=O) groups is 2. The first-order valence-electron chi connectivity index (χ1n) is 6.19. The van der Waals surface area contributed by atoms with Crippen molar-refractivity contribution >= 4 is 23.5 Å². The summed E-state index contributed by atoms with van der Waals surface area (Å²) in [6, 6.07) is 18.0. The standard InChI is InChI=1S/C16H14O3S/c17-14(12-7-3-1-4-8-12)11-15(16(18)19)20-13-9-5-2-6-10-13/h1-10,15H,11H2,(H,18,19). The lowest BCUT2D eigenvalue weighted by atomic mass is 10.1. The highest BCUT2D eigenvalue weighted by Gasteiger charge is 2.23. The summed E-state index contributed by atoms with van der Waals surface area (Å²) in [5.74, 6) is -1.12. The maximum Gasteiger partial charge on any atom is 0.317 e. The molecule has 2 rings (SSSR count). The zero-order chi connectivity index (χ0) is 14.4. The first-order valence-corrected chi connectivity index (χ1v) is 7.07. The topological polar surface area (TPSA) is 54.4 Å². The number of ketones is 1. The van der Waals surface area contributed by atoms with Crippen LogP contribution in [0, 0.1) is 0 Å². The van der Waals surface area contributed by atoms with Crippen molar-refractivity contribution in [2.75, 3.05) is 0 Å². The molecule has 0 saturated heterocycles. The van der Waals surface area contributed by atoms with Gasteiger partial charge in [-0.3, -0.25) is 9.59 Å². The lowest BCUT2D eigenvalue weighted by Crippen LogP contribution is -2.20. The molecule has 1 N–H and O–H groups in total. The Bertz CT molecular complexity index is 581. The van der Waals surface area contributed by atoms with E-state index in [0.29, 0.717) is 5.56 Å². The first-order chi connectivity index (χ1) is 9.66. The number of thioether (sulfide) groups is 1. The minimum atomic E-state index is -0.969. The fourth-order valence-electron chi connectivity index (χ4n) is 1.75. The van der Waals surface area contributed by atoms with Crippen LogP contribution in [0.1, 0.15) is 16.8 Å². The molecule has 0 saturated carbocycles. The smallest absolute Gasteiger partial charge is 0.317 e. The molecule has 2 aromatic carbocycles. The van der Waals surface area contributed by atoms with Crippen LogP contribution in [0.3, 0.4) is 0 Å². The van der Waals surface area contributed by atoms with Crippen LogP contribution in [0.5, 0.6) is 0 Å². The van der Waals surface area contributed by atoms with E-state index in [1.165, 1.54) is 11.8 Å². The number of carbonyl (C=O) groups excluding carboxylic acids is 1. The third-order valence-electron chi connectivity index (χ3n) is 2.76. The van der Waals surface area contributed by atoms with Crippen LogP contribution in [-0.2, 0) is 4.79 Å². The van der Waals surface area contributed by atoms with Crippen LogP contribution in [0.4, 0.5) is 0 Å². The quantitative estimate of drug-likeness (QED) is 0.652. The predicted molar refractivity (Wildman–Crippen MR) is 79.1 cm³/mol. The summed E-state index contributed by atoms with van der Waals surface area (Å²) in [7, 11) is 0. The molecule has 0 radical (unpaired) electrons. The zero-order valence-corrected chi connectivity index (χ0v) is 11.5. The second-order valence-electron chi connectivity index (χ2n) is 4.25. The molecule has 0 amide bonds. The summed E-state index contributed by atoms with van der Waals surface area (Å²) in [4.78, 5) is 24.2. The summed E-state index contributed by atoms with van der Waals surface area (Å²) in [5, 5.41) is 8.48. The van der Waals surface area contributed by atoms with Crippen LogP contribution in [0.15, 0.2) is 65.6 Å². The molecule has 0 spiro atoms. The summed E-state index contributed by atoms with van der Waals surface area (Å²) in [6.07, 6.45) is -0.0150. The number of hydrogen-bond acceptors (Lipinski definition) is 3. The third kappa shape index (κ3) is 3.96. The molecule has 0 aliphatic rings. The van der Waals surface area contributed by atoms with Crippen molar-refractivity contribution in [2.45, 2.75) is 16.6 Å². The van der Waals surface area contributed by atoms with Gasteiger partial charge in [0.25, 0.3) is 0 Å². The van der Waals surface area contributed by atoms with E-state index in [2.05, 4.69) is 0 Å². The van der Waals surface area contributed by atoms with Gasteiger partial charge in [0.05, 0.1) is 0 Å². The van der Waals surface area contributed by atoms with Crippen LogP contribution in [-0.4, -0.2) is 22.1 Å². The van der Waals surface area contributed by atoms with E-state index in [0.717, 1.165) is 4.90 Å². The predicted octanol–water partition coefficient (Wildman–Crippen LogP) is 3.50. The van der Waals surface area contributed by atoms with Gasteiger partial charge in [0.2, 0.25) is 0 Å². The lowest BCUT2D eigenvalue weighted by molar-refractivity contribution is -0.136. The van der Waals surface area contributed by atoms with E-state index in [1.54, 1.807) is 24.3 Å². The highest BCUT2D eigenvalue weighted by molar-refractivity contribution is 8.00. The van der Waals surface area contributed by atoms with Crippen molar-refractivity contribution in [3.63, 3.8) is 0 Å². The van der Waals surface area contributed by atoms with E-state index in [4.69, 9.17) is 0 Å². The average molecular weight is 286 g/mol. The number of benzene rings is 2. The minimum absolute atomic E-state index is 0.0150. The average Bonchev–Trinajstić information content (AvgIpc) is 2.48. The molecule has 0 heterocycles. The molecule has 1 unspecified atom stereocenters. The number of hydrogen-bond donors (Lipinski definition) is 1. The normalized spacial score (nSPS) is 11.8. The second-order valence-corrected chi connectivity index (χ2v) is 5.53. The molecule has 3 nitrogen and oxygen atoms in total. The van der Waals surface area contributed by atoms with Crippen LogP contribution >= 0.6 is 11.8 Å². The Morgan fingerprint density at radius 2 is 1.50 bits per heavy atom. The van der Waals surface area contributed by atoms with Crippen molar-refractivity contribution in [2.24, 2.45) is 0 Å². The van der Waals surface area contributed by atoms with Gasteiger partial charge >= 0.3 is 5.97 Å². The summed E-state index contributed by atoms with van der Waals surface area (Å²) >= 11 is 1.20. The van der Waals surface area contributed by atoms with E-state index in [9.17, 15) is 14.7 Å². The molecular formula is C16H14O3S. The van der Waals surface area contributed by atoms with E-state index < -0.39 is 11.2 Å². The lowest BCUT2D eigenvalue weighted by Gasteiger charge is -2.11. The number of aliphatic carboxylic acids is 1. The van der Waals surface area contributed by atoms with Gasteiger partial charge in [0, 0.05) is 16.9 Å². The molecule has 0 bridgehead atoms. The molecule has 2 aromatic rings. The monoisotopic (exact) mass is 286 g/mol. The van der Waals surface area contributed by atoms with Gasteiger partial charge in [-0.25, -0.2) is 0 Å². The number of Topliss-reactive ketones (excluding diaryl/α,β-unsaturated/α-hetero) is 1. The van der Waals surface area contributed by atoms with Gasteiger partial charge in [0.15, 0.2) is 5.78 Å². The van der Waals surface area contributed by atoms with Gasteiger partial charge in [-0.15, -0.1) is 11.8 Å². The molecule has 102 valence electrons. The SMILES string of the molecule is O=C(CC(Sc1ccccc1)C(=O)O)c1ccccc1. The van der Waals surface area contributed by atoms with E-state index in [-0.39, 0.29) is 12.2 Å². The Kier molecular flexibility index (Phi) is 4.96. The highest BCUT2D eigenvalue weighted by Crippen LogP contribution is 2.26. The van der Waals surface area contributed by atoms with Gasteiger partial charge in [-0.05, 0) is 12.1 Å². The Morgan fingerprint density at radius 3 is 2.05 bits per heavy atom. The largest absolute Gasteiger partial charge is 0.480 e. The molecule has 0 fully saturated rings. The number of carboxylic acid groups (broad SMARTS) is 1. The Hall–Kier alpha value is -2.07. The highest BCUT2D eigenvalue weighted by atomic mass is 32.2. The number of carboxylic acids is 1. The minimum Gasteiger partial charge on any atom is -0.480 e. The molecule has 20 heavy (non-hydrogen) atoms. The van der Waals surface area contributed by atoms with E-state index >= 15 is 0 Å². The summed E-state index contributed by atoms with van der Waals surface area (Å²) < 4.78 is 0. The van der Waals surface area contributed by atoms with Crippen LogP contribution in [0.25, 0.3) is 0 Å². The molecule has 0 aliphatic carbocycles. The maximum absolute atomic E-state index is 12.1. The molecular weight excluding hydrogens is 272 g/mol. The first kappa shape index (κ1) is 14.3. The molecule has 0 aliphatic heterocycles. The van der Waals surface area contributed by atoms with E-state index in [1.807, 2.05) is 36.4 Å². The number of rotatable bonds is 6. The van der Waals surface area contributed by atoms with Crippen LogP contribution < -0.4 is 0 Å². The van der Waals surface area contributed by atoms with Crippen molar-refractivity contribution in [1.29, 1.82) is 0 Å². The van der Waals surface area contributed by atoms with Gasteiger partial charge < -0.3 is 5.11 Å². The van der Waals surface area contributed by atoms with Gasteiger partial charge in [0.1, 0.15) is 5.25 Å².